The lowest BCUT2D eigenvalue weighted by atomic mass is 10.1. The summed E-state index contributed by atoms with van der Waals surface area (Å²) in [5.74, 6) is 0. The molecule has 1 aliphatic rings. The monoisotopic (exact) mass is 320 g/mol. The summed E-state index contributed by atoms with van der Waals surface area (Å²) < 4.78 is 0. The molecule has 3 heterocycles. The van der Waals surface area contributed by atoms with Crippen LogP contribution >= 0.6 is 0 Å². The highest BCUT2D eigenvalue weighted by molar-refractivity contribution is 5.76. The molecule has 122 valence electrons. The quantitative estimate of drug-likeness (QED) is 0.806. The van der Waals surface area contributed by atoms with Gasteiger partial charge in [-0.15, -0.1) is 0 Å². The molecule has 1 N–H and O–H groups in total. The molecule has 1 saturated heterocycles. The van der Waals surface area contributed by atoms with E-state index in [1.54, 1.807) is 0 Å². The van der Waals surface area contributed by atoms with Crippen LogP contribution in [0, 0.1) is 0 Å². The molecule has 1 fully saturated rings. The van der Waals surface area contributed by atoms with Crippen molar-refractivity contribution in [1.82, 2.24) is 19.9 Å². The highest BCUT2D eigenvalue weighted by atomic mass is 16.1. The molecule has 1 aromatic carbocycles. The molecule has 0 atom stereocenters. The molecule has 0 amide bonds. The first-order valence-corrected chi connectivity index (χ1v) is 8.46. The first-order chi connectivity index (χ1) is 11.8. The molecule has 5 nitrogen and oxygen atoms in total. The maximum absolute atomic E-state index is 11.9. The van der Waals surface area contributed by atoms with Crippen LogP contribution in [0.15, 0.2) is 47.5 Å². The van der Waals surface area contributed by atoms with Crippen molar-refractivity contribution >= 4 is 11.0 Å². The molecule has 0 radical (unpaired) electrons. The fourth-order valence-corrected chi connectivity index (χ4v) is 3.27. The van der Waals surface area contributed by atoms with Gasteiger partial charge < -0.3 is 4.98 Å². The minimum atomic E-state index is -0.205. The molecule has 0 spiro atoms. The van der Waals surface area contributed by atoms with Gasteiger partial charge in [0.1, 0.15) is 0 Å². The van der Waals surface area contributed by atoms with Crippen molar-refractivity contribution in [2.45, 2.75) is 25.8 Å². The Hall–Kier alpha value is -2.53. The number of hydrogen-bond donors (Lipinski definition) is 1. The predicted octanol–water partition coefficient (Wildman–Crippen LogP) is 2.97. The number of H-pyrrole nitrogens is 1. The van der Waals surface area contributed by atoms with Crippen LogP contribution in [0.4, 0.5) is 0 Å². The Labute approximate surface area is 140 Å². The third-order valence-corrected chi connectivity index (χ3v) is 4.59. The summed E-state index contributed by atoms with van der Waals surface area (Å²) in [5.41, 5.74) is 3.93. The summed E-state index contributed by atoms with van der Waals surface area (Å²) in [4.78, 5) is 25.6. The van der Waals surface area contributed by atoms with Crippen LogP contribution in [0.1, 0.15) is 24.8 Å². The van der Waals surface area contributed by atoms with E-state index in [1.165, 1.54) is 44.2 Å². The van der Waals surface area contributed by atoms with Gasteiger partial charge in [0.15, 0.2) is 5.52 Å². The van der Waals surface area contributed by atoms with E-state index < -0.39 is 0 Å². The number of benzene rings is 1. The molecular weight excluding hydrogens is 300 g/mol. The molecule has 5 heteroatoms. The van der Waals surface area contributed by atoms with Crippen LogP contribution in [0.25, 0.3) is 22.3 Å². The lowest BCUT2D eigenvalue weighted by Gasteiger charge is -2.26. The third-order valence-electron chi connectivity index (χ3n) is 4.59. The van der Waals surface area contributed by atoms with Gasteiger partial charge in [0.25, 0.3) is 5.56 Å². The van der Waals surface area contributed by atoms with Gasteiger partial charge in [-0.25, -0.2) is 9.97 Å². The van der Waals surface area contributed by atoms with E-state index >= 15 is 0 Å². The molecular formula is C19H20N4O. The second-order valence-electron chi connectivity index (χ2n) is 6.33. The molecule has 24 heavy (non-hydrogen) atoms. The molecule has 0 bridgehead atoms. The van der Waals surface area contributed by atoms with Crippen molar-refractivity contribution in [3.63, 3.8) is 0 Å². The Bertz CT molecular complexity index is 895. The predicted molar refractivity (Wildman–Crippen MR) is 94.7 cm³/mol. The second-order valence-corrected chi connectivity index (χ2v) is 6.33. The number of aromatic amines is 1. The van der Waals surface area contributed by atoms with Gasteiger partial charge in [-0.05, 0) is 43.6 Å². The van der Waals surface area contributed by atoms with E-state index in [9.17, 15) is 4.79 Å². The number of likely N-dealkylation sites (tertiary alicyclic amines) is 1. The van der Waals surface area contributed by atoms with Crippen molar-refractivity contribution < 1.29 is 0 Å². The van der Waals surface area contributed by atoms with Crippen LogP contribution in [0.5, 0.6) is 0 Å². The first kappa shape index (κ1) is 15.0. The number of pyridine rings is 1. The van der Waals surface area contributed by atoms with E-state index in [0.29, 0.717) is 11.0 Å². The van der Waals surface area contributed by atoms with Crippen LogP contribution in [0.3, 0.4) is 0 Å². The zero-order valence-electron chi connectivity index (χ0n) is 13.5. The number of rotatable bonds is 3. The number of aromatic nitrogens is 3. The maximum atomic E-state index is 11.9. The largest absolute Gasteiger partial charge is 0.311 e. The van der Waals surface area contributed by atoms with Gasteiger partial charge in [-0.3, -0.25) is 9.69 Å². The van der Waals surface area contributed by atoms with Crippen LogP contribution in [0.2, 0.25) is 0 Å². The van der Waals surface area contributed by atoms with Crippen LogP contribution < -0.4 is 5.56 Å². The number of fused-ring (bicyclic) bond motifs is 1. The number of piperidine rings is 1. The van der Waals surface area contributed by atoms with Crippen molar-refractivity contribution in [2.75, 3.05) is 13.1 Å². The standard InChI is InChI=1S/C19H20N4O/c24-19-18-17(20-13-21-19)9-8-16(22-18)15-6-4-14(5-7-15)12-23-10-2-1-3-11-23/h4-9,13H,1-3,10-12H2,(H,20,21,24). The highest BCUT2D eigenvalue weighted by Crippen LogP contribution is 2.20. The van der Waals surface area contributed by atoms with Gasteiger partial charge >= 0.3 is 0 Å². The Morgan fingerprint density at radius 3 is 2.58 bits per heavy atom. The van der Waals surface area contributed by atoms with Gasteiger partial charge in [0.05, 0.1) is 17.5 Å². The summed E-state index contributed by atoms with van der Waals surface area (Å²) in [6, 6.07) is 12.2. The van der Waals surface area contributed by atoms with Gasteiger partial charge in [0.2, 0.25) is 0 Å². The Morgan fingerprint density at radius 2 is 1.79 bits per heavy atom. The highest BCUT2D eigenvalue weighted by Gasteiger charge is 2.10. The SMILES string of the molecule is O=c1[nH]cnc2ccc(-c3ccc(CN4CCCCC4)cc3)nc12. The Morgan fingerprint density at radius 1 is 1.00 bits per heavy atom. The third kappa shape index (κ3) is 3.08. The number of hydrogen-bond acceptors (Lipinski definition) is 4. The van der Waals surface area contributed by atoms with Gasteiger partial charge in [0, 0.05) is 12.1 Å². The number of nitrogens with zero attached hydrogens (tertiary/aromatic N) is 3. The fourth-order valence-electron chi connectivity index (χ4n) is 3.27. The minimum Gasteiger partial charge on any atom is -0.311 e. The summed E-state index contributed by atoms with van der Waals surface area (Å²) in [6.45, 7) is 3.41. The van der Waals surface area contributed by atoms with Gasteiger partial charge in [-0.1, -0.05) is 30.7 Å². The Balaban J connectivity index is 1.58. The van der Waals surface area contributed by atoms with E-state index in [1.807, 2.05) is 12.1 Å². The van der Waals surface area contributed by atoms with E-state index in [2.05, 4.69) is 44.1 Å². The van der Waals surface area contributed by atoms with E-state index in [-0.39, 0.29) is 5.56 Å². The van der Waals surface area contributed by atoms with Gasteiger partial charge in [-0.2, -0.15) is 0 Å². The molecule has 0 aliphatic carbocycles. The normalized spacial score (nSPS) is 15.7. The maximum Gasteiger partial charge on any atom is 0.277 e. The van der Waals surface area contributed by atoms with Crippen molar-refractivity contribution in [2.24, 2.45) is 0 Å². The lowest BCUT2D eigenvalue weighted by molar-refractivity contribution is 0.221. The van der Waals surface area contributed by atoms with Crippen molar-refractivity contribution in [1.29, 1.82) is 0 Å². The summed E-state index contributed by atoms with van der Waals surface area (Å²) >= 11 is 0. The fraction of sp³-hybridized carbons (Fsp3) is 0.316. The smallest absolute Gasteiger partial charge is 0.277 e. The number of nitrogens with one attached hydrogen (secondary N) is 1. The summed E-state index contributed by atoms with van der Waals surface area (Å²) in [6.07, 6.45) is 5.38. The molecule has 0 saturated carbocycles. The molecule has 1 aliphatic heterocycles. The molecule has 2 aromatic heterocycles. The molecule has 3 aromatic rings. The second kappa shape index (κ2) is 6.53. The Kier molecular flexibility index (Phi) is 4.09. The van der Waals surface area contributed by atoms with E-state index in [4.69, 9.17) is 0 Å². The average molecular weight is 320 g/mol. The van der Waals surface area contributed by atoms with E-state index in [0.717, 1.165) is 17.8 Å². The summed E-state index contributed by atoms with van der Waals surface area (Å²) in [7, 11) is 0. The topological polar surface area (TPSA) is 61.9 Å². The van der Waals surface area contributed by atoms with Crippen LogP contribution in [-0.4, -0.2) is 32.9 Å². The first-order valence-electron chi connectivity index (χ1n) is 8.46. The zero-order chi connectivity index (χ0) is 16.4. The van der Waals surface area contributed by atoms with Crippen LogP contribution in [-0.2, 0) is 6.54 Å². The average Bonchev–Trinajstić information content (AvgIpc) is 2.63. The minimum absolute atomic E-state index is 0.205. The molecule has 0 unspecified atom stereocenters. The van der Waals surface area contributed by atoms with Crippen molar-refractivity contribution in [3.8, 4) is 11.3 Å². The molecule has 4 rings (SSSR count). The van der Waals surface area contributed by atoms with Crippen molar-refractivity contribution in [3.05, 3.63) is 58.6 Å². The summed E-state index contributed by atoms with van der Waals surface area (Å²) in [5, 5.41) is 0. The zero-order valence-corrected chi connectivity index (χ0v) is 13.5. The lowest BCUT2D eigenvalue weighted by Crippen LogP contribution is -2.28.